The maximum Gasteiger partial charge on any atom is 0.249 e. The van der Waals surface area contributed by atoms with Crippen molar-refractivity contribution in [2.24, 2.45) is 0 Å². The van der Waals surface area contributed by atoms with Gasteiger partial charge in [-0.2, -0.15) is 0 Å². The summed E-state index contributed by atoms with van der Waals surface area (Å²) < 4.78 is 29.1. The number of fused-ring (bicyclic) bond motifs is 1. The van der Waals surface area contributed by atoms with E-state index in [2.05, 4.69) is 15.6 Å². The van der Waals surface area contributed by atoms with Gasteiger partial charge in [-0.25, -0.2) is 13.5 Å². The minimum atomic E-state index is -0.717. The zero-order valence-corrected chi connectivity index (χ0v) is 17.9. The van der Waals surface area contributed by atoms with Crippen molar-refractivity contribution in [3.63, 3.8) is 0 Å². The van der Waals surface area contributed by atoms with Crippen LogP contribution >= 0.6 is 0 Å². The van der Waals surface area contributed by atoms with Gasteiger partial charge in [-0.3, -0.25) is 9.59 Å². The summed E-state index contributed by atoms with van der Waals surface area (Å²) in [5.74, 6) is -1.91. The number of carbonyl (C=O) groups is 2. The molecule has 7 nitrogen and oxygen atoms in total. The first kappa shape index (κ1) is 21.4. The average molecular weight is 459 g/mol. The van der Waals surface area contributed by atoms with E-state index >= 15 is 0 Å². The number of para-hydroxylation sites is 1. The third-order valence-corrected chi connectivity index (χ3v) is 5.58. The maximum atomic E-state index is 13.8. The number of nitrogens with zero attached hydrogens (tertiary/aromatic N) is 4. The van der Waals surface area contributed by atoms with Crippen LogP contribution in [0.5, 0.6) is 0 Å². The van der Waals surface area contributed by atoms with E-state index in [9.17, 15) is 18.4 Å². The summed E-state index contributed by atoms with van der Waals surface area (Å²) in [6.45, 7) is 0.286. The second kappa shape index (κ2) is 8.86. The molecule has 34 heavy (non-hydrogen) atoms. The smallest absolute Gasteiger partial charge is 0.249 e. The standard InChI is InChI=1S/C25H19F2N5O2/c26-19-9-16(10-20(27)12-19)14-31(21-7-5-17(6-8-21)18-11-24(33)28-13-18)25(34)15-32-23-4-2-1-3-22(23)29-30-32/h1-12H,13-15H2,(H,28,33). The molecule has 5 rings (SSSR count). The van der Waals surface area contributed by atoms with Crippen molar-refractivity contribution in [1.82, 2.24) is 20.3 Å². The Balaban J connectivity index is 1.47. The average Bonchev–Trinajstić information content (AvgIpc) is 3.43. The fourth-order valence-corrected chi connectivity index (χ4v) is 3.94. The molecule has 1 N–H and O–H groups in total. The SMILES string of the molecule is O=C1C=C(c2ccc(N(Cc3cc(F)cc(F)c3)C(=O)Cn3nnc4ccccc43)cc2)CN1. The zero-order chi connectivity index (χ0) is 23.7. The van der Waals surface area contributed by atoms with E-state index in [1.54, 1.807) is 30.3 Å². The highest BCUT2D eigenvalue weighted by molar-refractivity contribution is 6.01. The van der Waals surface area contributed by atoms with Gasteiger partial charge < -0.3 is 10.2 Å². The maximum absolute atomic E-state index is 13.8. The minimum Gasteiger partial charge on any atom is -0.348 e. The van der Waals surface area contributed by atoms with Crippen LogP contribution in [0, 0.1) is 11.6 Å². The quantitative estimate of drug-likeness (QED) is 0.479. The van der Waals surface area contributed by atoms with Crippen molar-refractivity contribution in [1.29, 1.82) is 0 Å². The third kappa shape index (κ3) is 4.40. The van der Waals surface area contributed by atoms with Gasteiger partial charge in [0.25, 0.3) is 0 Å². The van der Waals surface area contributed by atoms with Crippen LogP contribution in [0.15, 0.2) is 72.8 Å². The Bertz CT molecular complexity index is 1410. The lowest BCUT2D eigenvalue weighted by molar-refractivity contribution is -0.119. The van der Waals surface area contributed by atoms with Gasteiger partial charge in [-0.15, -0.1) is 5.10 Å². The number of hydrogen-bond donors (Lipinski definition) is 1. The molecule has 1 aromatic heterocycles. The first-order valence-electron chi connectivity index (χ1n) is 10.6. The highest BCUT2D eigenvalue weighted by atomic mass is 19.1. The van der Waals surface area contributed by atoms with Gasteiger partial charge in [0.1, 0.15) is 23.7 Å². The van der Waals surface area contributed by atoms with E-state index in [1.807, 2.05) is 18.2 Å². The first-order chi connectivity index (χ1) is 16.5. The van der Waals surface area contributed by atoms with Crippen LogP contribution < -0.4 is 10.2 Å². The molecule has 0 unspecified atom stereocenters. The summed E-state index contributed by atoms with van der Waals surface area (Å²) in [5.41, 5.74) is 3.90. The van der Waals surface area contributed by atoms with Crippen molar-refractivity contribution in [2.45, 2.75) is 13.1 Å². The van der Waals surface area contributed by atoms with Crippen molar-refractivity contribution >= 4 is 34.1 Å². The lowest BCUT2D eigenvalue weighted by Crippen LogP contribution is -2.33. The molecule has 0 saturated heterocycles. The molecular weight excluding hydrogens is 440 g/mol. The molecule has 1 aliphatic rings. The molecule has 0 fully saturated rings. The Labute approximate surface area is 193 Å². The van der Waals surface area contributed by atoms with E-state index in [4.69, 9.17) is 0 Å². The predicted molar refractivity (Wildman–Crippen MR) is 123 cm³/mol. The fraction of sp³-hybridized carbons (Fsp3) is 0.120. The van der Waals surface area contributed by atoms with Gasteiger partial charge in [0.15, 0.2) is 0 Å². The molecule has 9 heteroatoms. The fourth-order valence-electron chi connectivity index (χ4n) is 3.94. The van der Waals surface area contributed by atoms with Crippen LogP contribution in [0.3, 0.4) is 0 Å². The molecule has 0 radical (unpaired) electrons. The van der Waals surface area contributed by atoms with Crippen LogP contribution in [0.2, 0.25) is 0 Å². The van der Waals surface area contributed by atoms with Gasteiger partial charge in [0, 0.05) is 24.4 Å². The number of rotatable bonds is 6. The van der Waals surface area contributed by atoms with E-state index < -0.39 is 11.6 Å². The van der Waals surface area contributed by atoms with E-state index in [1.165, 1.54) is 27.8 Å². The van der Waals surface area contributed by atoms with Crippen molar-refractivity contribution in [2.75, 3.05) is 11.4 Å². The molecular formula is C25H19F2N5O2. The van der Waals surface area contributed by atoms with Crippen LogP contribution in [0.1, 0.15) is 11.1 Å². The molecule has 0 saturated carbocycles. The number of amides is 2. The topological polar surface area (TPSA) is 80.1 Å². The summed E-state index contributed by atoms with van der Waals surface area (Å²) in [6, 6.07) is 17.5. The highest BCUT2D eigenvalue weighted by Crippen LogP contribution is 2.24. The molecule has 0 spiro atoms. The molecule has 2 heterocycles. The molecule has 0 atom stereocenters. The summed E-state index contributed by atoms with van der Waals surface area (Å²) in [4.78, 5) is 26.3. The third-order valence-electron chi connectivity index (χ3n) is 5.58. The van der Waals surface area contributed by atoms with E-state index in [0.717, 1.165) is 17.2 Å². The van der Waals surface area contributed by atoms with Gasteiger partial charge >= 0.3 is 0 Å². The lowest BCUT2D eigenvalue weighted by atomic mass is 10.1. The Morgan fingerprint density at radius 1 is 1.03 bits per heavy atom. The largest absolute Gasteiger partial charge is 0.348 e. The van der Waals surface area contributed by atoms with Gasteiger partial charge in [0.2, 0.25) is 11.8 Å². The van der Waals surface area contributed by atoms with Gasteiger partial charge in [0.05, 0.1) is 12.1 Å². The van der Waals surface area contributed by atoms with Crippen LogP contribution in [-0.4, -0.2) is 33.4 Å². The first-order valence-corrected chi connectivity index (χ1v) is 10.6. The lowest BCUT2D eigenvalue weighted by Gasteiger charge is -2.23. The zero-order valence-electron chi connectivity index (χ0n) is 17.9. The number of nitrogens with one attached hydrogen (secondary N) is 1. The van der Waals surface area contributed by atoms with Gasteiger partial charge in [-0.05, 0) is 53.1 Å². The Kier molecular flexibility index (Phi) is 5.59. The Morgan fingerprint density at radius 2 is 1.76 bits per heavy atom. The van der Waals surface area contributed by atoms with Crippen LogP contribution in [-0.2, 0) is 22.7 Å². The number of hydrogen-bond acceptors (Lipinski definition) is 4. The molecule has 2 amide bonds. The molecule has 0 aliphatic carbocycles. The predicted octanol–water partition coefficient (Wildman–Crippen LogP) is 3.46. The number of aromatic nitrogens is 3. The number of carbonyl (C=O) groups excluding carboxylic acids is 2. The van der Waals surface area contributed by atoms with E-state index in [-0.39, 0.29) is 24.9 Å². The number of benzene rings is 3. The monoisotopic (exact) mass is 459 g/mol. The molecule has 0 bridgehead atoms. The van der Waals surface area contributed by atoms with Gasteiger partial charge in [-0.1, -0.05) is 29.5 Å². The molecule has 4 aromatic rings. The van der Waals surface area contributed by atoms with Crippen LogP contribution in [0.25, 0.3) is 16.6 Å². The van der Waals surface area contributed by atoms with E-state index in [0.29, 0.717) is 28.8 Å². The Morgan fingerprint density at radius 3 is 2.47 bits per heavy atom. The second-order valence-electron chi connectivity index (χ2n) is 7.93. The summed E-state index contributed by atoms with van der Waals surface area (Å²) in [6.07, 6.45) is 1.53. The molecule has 1 aliphatic heterocycles. The normalized spacial score (nSPS) is 13.1. The number of anilines is 1. The Hall–Kier alpha value is -4.40. The summed E-state index contributed by atoms with van der Waals surface area (Å²) >= 11 is 0. The minimum absolute atomic E-state index is 0.0395. The van der Waals surface area contributed by atoms with Crippen molar-refractivity contribution in [3.8, 4) is 0 Å². The molecule has 170 valence electrons. The number of halogens is 2. The highest BCUT2D eigenvalue weighted by Gasteiger charge is 2.20. The molecule has 3 aromatic carbocycles. The van der Waals surface area contributed by atoms with Crippen molar-refractivity contribution in [3.05, 3.63) is 95.6 Å². The summed E-state index contributed by atoms with van der Waals surface area (Å²) in [7, 11) is 0. The van der Waals surface area contributed by atoms with Crippen molar-refractivity contribution < 1.29 is 18.4 Å². The summed E-state index contributed by atoms with van der Waals surface area (Å²) in [5, 5.41) is 10.9. The second-order valence-corrected chi connectivity index (χ2v) is 7.93. The van der Waals surface area contributed by atoms with Crippen LogP contribution in [0.4, 0.5) is 14.5 Å².